The van der Waals surface area contributed by atoms with E-state index < -0.39 is 0 Å². The number of amides is 1. The second-order valence-electron chi connectivity index (χ2n) is 4.70. The summed E-state index contributed by atoms with van der Waals surface area (Å²) in [6, 6.07) is 9.57. The third kappa shape index (κ3) is 3.06. The molecule has 3 nitrogen and oxygen atoms in total. The molecule has 0 atom stereocenters. The van der Waals surface area contributed by atoms with Gasteiger partial charge < -0.3 is 0 Å². The smallest absolute Gasteiger partial charge is 0.253 e. The molecule has 0 unspecified atom stereocenters. The first-order chi connectivity index (χ1) is 8.66. The number of anilines is 1. The molecule has 1 aliphatic heterocycles. The summed E-state index contributed by atoms with van der Waals surface area (Å²) in [7, 11) is 0. The minimum absolute atomic E-state index is 0.0633. The van der Waals surface area contributed by atoms with E-state index in [9.17, 15) is 4.79 Å². The number of hydrogen-bond donors (Lipinski definition) is 0. The van der Waals surface area contributed by atoms with Crippen LogP contribution in [0.1, 0.15) is 33.1 Å². The zero-order valence-corrected chi connectivity index (χ0v) is 10.9. The zero-order valence-electron chi connectivity index (χ0n) is 10.9. The van der Waals surface area contributed by atoms with Crippen molar-refractivity contribution in [2.75, 3.05) is 5.01 Å². The van der Waals surface area contributed by atoms with Crippen LogP contribution in [0.15, 0.2) is 47.1 Å². The Labute approximate surface area is 108 Å². The molecule has 2 rings (SSSR count). The van der Waals surface area contributed by atoms with Crippen LogP contribution in [0.25, 0.3) is 0 Å². The normalized spacial score (nSPS) is 14.7. The third-order valence-corrected chi connectivity index (χ3v) is 2.82. The molecule has 0 aliphatic carbocycles. The minimum Gasteiger partial charge on any atom is -0.272 e. The highest BCUT2D eigenvalue weighted by Crippen LogP contribution is 2.21. The highest BCUT2D eigenvalue weighted by Gasteiger charge is 2.24. The van der Waals surface area contributed by atoms with Gasteiger partial charge in [0.25, 0.3) is 5.91 Å². The first-order valence-corrected chi connectivity index (χ1v) is 6.24. The first kappa shape index (κ1) is 12.6. The number of hydrogen-bond acceptors (Lipinski definition) is 2. The van der Waals surface area contributed by atoms with Crippen LogP contribution in [0.2, 0.25) is 0 Å². The topological polar surface area (TPSA) is 32.7 Å². The van der Waals surface area contributed by atoms with E-state index >= 15 is 0 Å². The van der Waals surface area contributed by atoms with Crippen LogP contribution in [0.5, 0.6) is 0 Å². The Morgan fingerprint density at radius 1 is 1.33 bits per heavy atom. The van der Waals surface area contributed by atoms with E-state index in [1.165, 1.54) is 10.6 Å². The molecule has 3 heteroatoms. The van der Waals surface area contributed by atoms with Crippen molar-refractivity contribution in [1.82, 2.24) is 0 Å². The van der Waals surface area contributed by atoms with Crippen molar-refractivity contribution in [3.8, 4) is 0 Å². The molecule has 94 valence electrons. The Morgan fingerprint density at radius 2 is 2.06 bits per heavy atom. The van der Waals surface area contributed by atoms with Gasteiger partial charge in [-0.05, 0) is 38.8 Å². The van der Waals surface area contributed by atoms with E-state index in [2.05, 4.69) is 25.0 Å². The van der Waals surface area contributed by atoms with Crippen molar-refractivity contribution in [2.24, 2.45) is 5.10 Å². The molecule has 0 fully saturated rings. The quantitative estimate of drug-likeness (QED) is 0.743. The molecule has 0 spiro atoms. The number of para-hydroxylation sites is 1. The van der Waals surface area contributed by atoms with Crippen LogP contribution in [0, 0.1) is 0 Å². The third-order valence-electron chi connectivity index (χ3n) is 2.82. The standard InChI is InChI=1S/C15H18N2O/c1-12(2)7-6-8-13-11-15(18)17(16-13)14-9-4-3-5-10-14/h3-5,7,9-10H,6,8,11H2,1-2H3. The van der Waals surface area contributed by atoms with Gasteiger partial charge in [-0.3, -0.25) is 4.79 Å². The maximum Gasteiger partial charge on any atom is 0.253 e. The second-order valence-corrected chi connectivity index (χ2v) is 4.70. The maximum absolute atomic E-state index is 11.9. The molecule has 1 heterocycles. The van der Waals surface area contributed by atoms with Crippen LogP contribution in [-0.2, 0) is 4.79 Å². The molecule has 1 aromatic rings. The summed E-state index contributed by atoms with van der Waals surface area (Å²) in [6.45, 7) is 4.16. The van der Waals surface area contributed by atoms with Crippen molar-refractivity contribution >= 4 is 17.3 Å². The van der Waals surface area contributed by atoms with Crippen molar-refractivity contribution < 1.29 is 4.79 Å². The molecule has 0 saturated heterocycles. The summed E-state index contributed by atoms with van der Waals surface area (Å²) >= 11 is 0. The molecule has 0 bridgehead atoms. The van der Waals surface area contributed by atoms with Gasteiger partial charge in [-0.2, -0.15) is 5.10 Å². The molecule has 1 aliphatic rings. The van der Waals surface area contributed by atoms with Gasteiger partial charge in [0, 0.05) is 5.71 Å². The fourth-order valence-electron chi connectivity index (χ4n) is 1.92. The largest absolute Gasteiger partial charge is 0.272 e. The summed E-state index contributed by atoms with van der Waals surface area (Å²) in [4.78, 5) is 11.9. The van der Waals surface area contributed by atoms with E-state index in [0.717, 1.165) is 24.2 Å². The Balaban J connectivity index is 2.04. The number of allylic oxidation sites excluding steroid dienone is 2. The molecule has 1 aromatic carbocycles. The average molecular weight is 242 g/mol. The van der Waals surface area contributed by atoms with Gasteiger partial charge in [0.1, 0.15) is 0 Å². The van der Waals surface area contributed by atoms with Crippen LogP contribution in [-0.4, -0.2) is 11.6 Å². The molecule has 0 radical (unpaired) electrons. The Morgan fingerprint density at radius 3 is 2.72 bits per heavy atom. The van der Waals surface area contributed by atoms with E-state index in [0.29, 0.717) is 6.42 Å². The number of benzene rings is 1. The molecular formula is C15H18N2O. The summed E-state index contributed by atoms with van der Waals surface area (Å²) in [5.41, 5.74) is 3.13. The number of rotatable bonds is 4. The van der Waals surface area contributed by atoms with Crippen molar-refractivity contribution in [3.05, 3.63) is 42.0 Å². The molecule has 0 saturated carbocycles. The SMILES string of the molecule is CC(C)=CCCC1=NN(c2ccccc2)C(=O)C1. The van der Waals surface area contributed by atoms with E-state index in [1.807, 2.05) is 30.3 Å². The fourth-order valence-corrected chi connectivity index (χ4v) is 1.92. The Hall–Kier alpha value is -1.90. The lowest BCUT2D eigenvalue weighted by Gasteiger charge is -2.10. The average Bonchev–Trinajstić information content (AvgIpc) is 2.71. The molecular weight excluding hydrogens is 224 g/mol. The second kappa shape index (κ2) is 5.63. The highest BCUT2D eigenvalue weighted by molar-refractivity contribution is 6.12. The van der Waals surface area contributed by atoms with Gasteiger partial charge in [-0.1, -0.05) is 29.8 Å². The van der Waals surface area contributed by atoms with Gasteiger partial charge in [0.15, 0.2) is 0 Å². The molecule has 0 aromatic heterocycles. The van der Waals surface area contributed by atoms with E-state index in [1.54, 1.807) is 0 Å². The lowest BCUT2D eigenvalue weighted by Crippen LogP contribution is -2.19. The van der Waals surface area contributed by atoms with Gasteiger partial charge in [0.2, 0.25) is 0 Å². The van der Waals surface area contributed by atoms with Gasteiger partial charge >= 0.3 is 0 Å². The monoisotopic (exact) mass is 242 g/mol. The number of carbonyl (C=O) groups is 1. The highest BCUT2D eigenvalue weighted by atomic mass is 16.2. The Bertz CT molecular complexity index is 484. The van der Waals surface area contributed by atoms with Crippen molar-refractivity contribution in [1.29, 1.82) is 0 Å². The lowest BCUT2D eigenvalue weighted by atomic mass is 10.1. The predicted octanol–water partition coefficient (Wildman–Crippen LogP) is 3.53. The number of carbonyl (C=O) groups excluding carboxylic acids is 1. The molecule has 1 amide bonds. The van der Waals surface area contributed by atoms with Crippen LogP contribution in [0.4, 0.5) is 5.69 Å². The predicted molar refractivity (Wildman–Crippen MR) is 74.6 cm³/mol. The van der Waals surface area contributed by atoms with Crippen LogP contribution < -0.4 is 5.01 Å². The van der Waals surface area contributed by atoms with Gasteiger partial charge in [-0.25, -0.2) is 5.01 Å². The molecule has 18 heavy (non-hydrogen) atoms. The summed E-state index contributed by atoms with van der Waals surface area (Å²) in [5.74, 6) is 0.0633. The van der Waals surface area contributed by atoms with E-state index in [4.69, 9.17) is 0 Å². The number of hydrazone groups is 1. The minimum atomic E-state index is 0.0633. The van der Waals surface area contributed by atoms with Crippen molar-refractivity contribution in [2.45, 2.75) is 33.1 Å². The van der Waals surface area contributed by atoms with Gasteiger partial charge in [-0.15, -0.1) is 0 Å². The van der Waals surface area contributed by atoms with E-state index in [-0.39, 0.29) is 5.91 Å². The van der Waals surface area contributed by atoms with Gasteiger partial charge in [0.05, 0.1) is 12.1 Å². The summed E-state index contributed by atoms with van der Waals surface area (Å²) < 4.78 is 0. The first-order valence-electron chi connectivity index (χ1n) is 6.24. The summed E-state index contributed by atoms with van der Waals surface area (Å²) in [5, 5.41) is 5.92. The Kier molecular flexibility index (Phi) is 3.92. The lowest BCUT2D eigenvalue weighted by molar-refractivity contribution is -0.116. The van der Waals surface area contributed by atoms with Crippen LogP contribution >= 0.6 is 0 Å². The zero-order chi connectivity index (χ0) is 13.0. The molecule has 0 N–H and O–H groups in total. The number of nitrogens with zero attached hydrogens (tertiary/aromatic N) is 2. The van der Waals surface area contributed by atoms with Crippen molar-refractivity contribution in [3.63, 3.8) is 0 Å². The maximum atomic E-state index is 11.9. The fraction of sp³-hybridized carbons (Fsp3) is 0.333. The summed E-state index contributed by atoms with van der Waals surface area (Å²) in [6.07, 6.45) is 4.45. The van der Waals surface area contributed by atoms with Crippen LogP contribution in [0.3, 0.4) is 0 Å².